The van der Waals surface area contributed by atoms with E-state index >= 15 is 0 Å². The van der Waals surface area contributed by atoms with Crippen molar-refractivity contribution in [2.75, 3.05) is 25.5 Å². The summed E-state index contributed by atoms with van der Waals surface area (Å²) in [6.45, 7) is 3.89. The van der Waals surface area contributed by atoms with Crippen molar-refractivity contribution >= 4 is 5.69 Å². The van der Waals surface area contributed by atoms with Crippen LogP contribution in [0.5, 0.6) is 0 Å². The molecule has 0 saturated carbocycles. The third-order valence-corrected chi connectivity index (χ3v) is 3.01. The van der Waals surface area contributed by atoms with E-state index in [9.17, 15) is 0 Å². The molecule has 0 aliphatic heterocycles. The van der Waals surface area contributed by atoms with E-state index in [0.29, 0.717) is 0 Å². The summed E-state index contributed by atoms with van der Waals surface area (Å²) < 4.78 is 5.52. The first-order valence-electron chi connectivity index (χ1n) is 6.63. The summed E-state index contributed by atoms with van der Waals surface area (Å²) in [4.78, 5) is 6.36. The summed E-state index contributed by atoms with van der Waals surface area (Å²) >= 11 is 0. The molecule has 102 valence electrons. The lowest BCUT2D eigenvalue weighted by molar-refractivity contribution is 0.569. The largest absolute Gasteiger partial charge is 0.443 e. The molecular weight excluding hydrogens is 238 g/mol. The maximum atomic E-state index is 5.52. The van der Waals surface area contributed by atoms with Gasteiger partial charge in [-0.2, -0.15) is 0 Å². The minimum atomic E-state index is 0.745. The number of hydrogen-bond acceptors (Lipinski definition) is 4. The Hall–Kier alpha value is -1.81. The third-order valence-electron chi connectivity index (χ3n) is 3.01. The van der Waals surface area contributed by atoms with Crippen LogP contribution in [0.25, 0.3) is 11.3 Å². The Morgan fingerprint density at radius 2 is 1.95 bits per heavy atom. The second kappa shape index (κ2) is 6.38. The zero-order chi connectivity index (χ0) is 13.7. The van der Waals surface area contributed by atoms with Crippen LogP contribution in [0.15, 0.2) is 35.1 Å². The molecule has 0 spiro atoms. The van der Waals surface area contributed by atoms with Gasteiger partial charge in [0, 0.05) is 31.9 Å². The molecule has 1 N–H and O–H groups in total. The van der Waals surface area contributed by atoms with E-state index in [4.69, 9.17) is 4.42 Å². The molecule has 1 heterocycles. The van der Waals surface area contributed by atoms with Gasteiger partial charge < -0.3 is 14.6 Å². The highest BCUT2D eigenvalue weighted by atomic mass is 16.3. The van der Waals surface area contributed by atoms with Gasteiger partial charge in [-0.3, -0.25) is 0 Å². The fourth-order valence-electron chi connectivity index (χ4n) is 1.92. The standard InChI is InChI=1S/C15H21N3O/c1-4-9-16-10-14-15(19-11-17-14)12-5-7-13(8-6-12)18(2)3/h5-8,11,16H,4,9-10H2,1-3H3. The quantitative estimate of drug-likeness (QED) is 0.810. The Morgan fingerprint density at radius 3 is 2.58 bits per heavy atom. The van der Waals surface area contributed by atoms with Gasteiger partial charge in [-0.25, -0.2) is 4.98 Å². The van der Waals surface area contributed by atoms with E-state index in [1.165, 1.54) is 12.1 Å². The summed E-state index contributed by atoms with van der Waals surface area (Å²) in [5.41, 5.74) is 3.20. The molecule has 0 aliphatic rings. The molecule has 0 aliphatic carbocycles. The number of rotatable bonds is 6. The normalized spacial score (nSPS) is 10.7. The van der Waals surface area contributed by atoms with E-state index in [0.717, 1.165) is 36.5 Å². The second-order valence-corrected chi connectivity index (χ2v) is 4.75. The third kappa shape index (κ3) is 3.35. The summed E-state index contributed by atoms with van der Waals surface area (Å²) in [6, 6.07) is 8.31. The van der Waals surface area contributed by atoms with Crippen molar-refractivity contribution in [2.24, 2.45) is 0 Å². The van der Waals surface area contributed by atoms with E-state index in [2.05, 4.69) is 46.4 Å². The summed E-state index contributed by atoms with van der Waals surface area (Å²) in [5, 5.41) is 3.35. The molecule has 2 aromatic rings. The Morgan fingerprint density at radius 1 is 1.21 bits per heavy atom. The fourth-order valence-corrected chi connectivity index (χ4v) is 1.92. The smallest absolute Gasteiger partial charge is 0.181 e. The lowest BCUT2D eigenvalue weighted by atomic mass is 10.1. The molecule has 0 atom stereocenters. The highest BCUT2D eigenvalue weighted by Crippen LogP contribution is 2.25. The summed E-state index contributed by atoms with van der Waals surface area (Å²) in [6.07, 6.45) is 2.63. The van der Waals surface area contributed by atoms with Gasteiger partial charge in [0.15, 0.2) is 12.2 Å². The Kier molecular flexibility index (Phi) is 4.58. The number of anilines is 1. The Balaban J connectivity index is 2.15. The highest BCUT2D eigenvalue weighted by molar-refractivity contribution is 5.63. The van der Waals surface area contributed by atoms with E-state index in [-0.39, 0.29) is 0 Å². The van der Waals surface area contributed by atoms with Crippen LogP contribution in [0.3, 0.4) is 0 Å². The molecule has 4 heteroatoms. The van der Waals surface area contributed by atoms with Gasteiger partial charge in [0.25, 0.3) is 0 Å². The van der Waals surface area contributed by atoms with Crippen LogP contribution in [-0.2, 0) is 6.54 Å². The molecular formula is C15H21N3O. The molecule has 1 aromatic carbocycles. The van der Waals surface area contributed by atoms with Crippen molar-refractivity contribution < 1.29 is 4.42 Å². The fraction of sp³-hybridized carbons (Fsp3) is 0.400. The van der Waals surface area contributed by atoms with Crippen LogP contribution in [-0.4, -0.2) is 25.6 Å². The van der Waals surface area contributed by atoms with Crippen molar-refractivity contribution in [3.05, 3.63) is 36.4 Å². The van der Waals surface area contributed by atoms with E-state index < -0.39 is 0 Å². The number of nitrogens with one attached hydrogen (secondary N) is 1. The first-order valence-corrected chi connectivity index (χ1v) is 6.63. The molecule has 0 unspecified atom stereocenters. The van der Waals surface area contributed by atoms with Crippen LogP contribution in [0, 0.1) is 0 Å². The number of hydrogen-bond donors (Lipinski definition) is 1. The molecule has 0 fully saturated rings. The van der Waals surface area contributed by atoms with Crippen molar-refractivity contribution in [3.63, 3.8) is 0 Å². The van der Waals surface area contributed by atoms with Crippen molar-refractivity contribution in [1.29, 1.82) is 0 Å². The summed E-state index contributed by atoms with van der Waals surface area (Å²) in [5.74, 6) is 0.855. The van der Waals surface area contributed by atoms with Crippen LogP contribution in [0.1, 0.15) is 19.0 Å². The predicted octanol–water partition coefficient (Wildman–Crippen LogP) is 2.91. The average molecular weight is 259 g/mol. The minimum Gasteiger partial charge on any atom is -0.443 e. The maximum Gasteiger partial charge on any atom is 0.181 e. The summed E-state index contributed by atoms with van der Waals surface area (Å²) in [7, 11) is 4.06. The molecule has 4 nitrogen and oxygen atoms in total. The predicted molar refractivity (Wildman–Crippen MR) is 78.3 cm³/mol. The molecule has 0 saturated heterocycles. The zero-order valence-electron chi connectivity index (χ0n) is 11.8. The van der Waals surface area contributed by atoms with Gasteiger partial charge in [-0.05, 0) is 37.2 Å². The Bertz CT molecular complexity index is 502. The van der Waals surface area contributed by atoms with Crippen LogP contribution >= 0.6 is 0 Å². The average Bonchev–Trinajstić information content (AvgIpc) is 2.87. The number of aromatic nitrogens is 1. The minimum absolute atomic E-state index is 0.745. The van der Waals surface area contributed by atoms with Crippen molar-refractivity contribution in [3.8, 4) is 11.3 Å². The van der Waals surface area contributed by atoms with Crippen LogP contribution in [0.2, 0.25) is 0 Å². The highest BCUT2D eigenvalue weighted by Gasteiger charge is 2.10. The van der Waals surface area contributed by atoms with Crippen LogP contribution in [0.4, 0.5) is 5.69 Å². The van der Waals surface area contributed by atoms with E-state index in [1.54, 1.807) is 0 Å². The van der Waals surface area contributed by atoms with E-state index in [1.807, 2.05) is 14.1 Å². The van der Waals surface area contributed by atoms with Gasteiger partial charge in [0.2, 0.25) is 0 Å². The molecule has 0 amide bonds. The first kappa shape index (κ1) is 13.6. The monoisotopic (exact) mass is 259 g/mol. The number of nitrogens with zero attached hydrogens (tertiary/aromatic N) is 2. The molecule has 2 rings (SSSR count). The van der Waals surface area contributed by atoms with Crippen molar-refractivity contribution in [2.45, 2.75) is 19.9 Å². The molecule has 0 radical (unpaired) electrons. The second-order valence-electron chi connectivity index (χ2n) is 4.75. The molecule has 0 bridgehead atoms. The first-order chi connectivity index (χ1) is 9.22. The zero-order valence-corrected chi connectivity index (χ0v) is 11.8. The number of benzene rings is 1. The van der Waals surface area contributed by atoms with Gasteiger partial charge in [0.05, 0.1) is 0 Å². The van der Waals surface area contributed by atoms with Gasteiger partial charge >= 0.3 is 0 Å². The lowest BCUT2D eigenvalue weighted by Gasteiger charge is -2.12. The number of oxazole rings is 1. The topological polar surface area (TPSA) is 41.3 Å². The maximum absolute atomic E-state index is 5.52. The van der Waals surface area contributed by atoms with Gasteiger partial charge in [-0.1, -0.05) is 6.92 Å². The Labute approximate surface area is 114 Å². The van der Waals surface area contributed by atoms with Gasteiger partial charge in [-0.15, -0.1) is 0 Å². The van der Waals surface area contributed by atoms with Crippen LogP contribution < -0.4 is 10.2 Å². The molecule has 19 heavy (non-hydrogen) atoms. The molecule has 1 aromatic heterocycles. The van der Waals surface area contributed by atoms with Crippen molar-refractivity contribution in [1.82, 2.24) is 10.3 Å². The van der Waals surface area contributed by atoms with Gasteiger partial charge in [0.1, 0.15) is 5.69 Å². The SMILES string of the molecule is CCCNCc1ncoc1-c1ccc(N(C)C)cc1. The lowest BCUT2D eigenvalue weighted by Crippen LogP contribution is -2.14.